The van der Waals surface area contributed by atoms with Gasteiger partial charge in [0.05, 0.1) is 5.56 Å². The van der Waals surface area contributed by atoms with Crippen LogP contribution in [0.3, 0.4) is 0 Å². The van der Waals surface area contributed by atoms with Gasteiger partial charge in [-0.15, -0.1) is 24.8 Å². The monoisotopic (exact) mass is 401 g/mol. The van der Waals surface area contributed by atoms with E-state index in [0.717, 1.165) is 30.6 Å². The summed E-state index contributed by atoms with van der Waals surface area (Å²) in [6.45, 7) is 2.85. The maximum Gasteiger partial charge on any atom is 0.252 e. The summed E-state index contributed by atoms with van der Waals surface area (Å²) >= 11 is 5.91. The van der Waals surface area contributed by atoms with Crippen LogP contribution in [0.5, 0.6) is 0 Å². The fraction of sp³-hybridized carbons (Fsp3) is 0.333. The van der Waals surface area contributed by atoms with Gasteiger partial charge in [-0.05, 0) is 55.6 Å². The lowest BCUT2D eigenvalue weighted by Crippen LogP contribution is -2.26. The van der Waals surface area contributed by atoms with Gasteiger partial charge in [-0.25, -0.2) is 0 Å². The minimum Gasteiger partial charge on any atom is -0.352 e. The molecule has 0 saturated carbocycles. The number of nitrogens with one attached hydrogen (secondary N) is 2. The van der Waals surface area contributed by atoms with Crippen molar-refractivity contribution in [3.05, 3.63) is 53.3 Å². The largest absolute Gasteiger partial charge is 0.352 e. The fourth-order valence-electron chi connectivity index (χ4n) is 2.82. The van der Waals surface area contributed by atoms with Crippen molar-refractivity contribution in [2.45, 2.75) is 12.8 Å². The van der Waals surface area contributed by atoms with Crippen LogP contribution < -0.4 is 10.6 Å². The lowest BCUT2D eigenvalue weighted by Gasteiger charge is -2.10. The third kappa shape index (κ3) is 6.15. The number of benzene rings is 1. The molecule has 2 heterocycles. The average Bonchev–Trinajstić information content (AvgIpc) is 3.09. The van der Waals surface area contributed by atoms with Crippen molar-refractivity contribution in [1.29, 1.82) is 0 Å². The number of aromatic nitrogens is 1. The molecule has 25 heavy (non-hydrogen) atoms. The Bertz CT molecular complexity index is 674. The van der Waals surface area contributed by atoms with E-state index in [2.05, 4.69) is 15.6 Å². The summed E-state index contributed by atoms with van der Waals surface area (Å²) < 4.78 is 0. The van der Waals surface area contributed by atoms with Gasteiger partial charge in [0.25, 0.3) is 5.91 Å². The van der Waals surface area contributed by atoms with Gasteiger partial charge in [0, 0.05) is 29.5 Å². The van der Waals surface area contributed by atoms with Gasteiger partial charge in [0.15, 0.2) is 0 Å². The fourth-order valence-corrected chi connectivity index (χ4v) is 2.94. The van der Waals surface area contributed by atoms with Crippen LogP contribution in [0, 0.1) is 5.92 Å². The topological polar surface area (TPSA) is 54.0 Å². The van der Waals surface area contributed by atoms with E-state index < -0.39 is 0 Å². The first-order valence-corrected chi connectivity index (χ1v) is 8.30. The summed E-state index contributed by atoms with van der Waals surface area (Å²) in [7, 11) is 0. The summed E-state index contributed by atoms with van der Waals surface area (Å²) in [5, 5.41) is 7.02. The molecule has 1 amide bonds. The minimum absolute atomic E-state index is 0. The van der Waals surface area contributed by atoms with Crippen LogP contribution in [-0.4, -0.2) is 30.5 Å². The number of hydrogen-bond acceptors (Lipinski definition) is 3. The average molecular weight is 403 g/mol. The predicted octanol–water partition coefficient (Wildman–Crippen LogP) is 3.98. The number of halogens is 3. The van der Waals surface area contributed by atoms with Gasteiger partial charge in [-0.1, -0.05) is 23.7 Å². The summed E-state index contributed by atoms with van der Waals surface area (Å²) in [4.78, 5) is 16.5. The molecule has 1 atom stereocenters. The van der Waals surface area contributed by atoms with Crippen LogP contribution in [0.4, 0.5) is 0 Å². The van der Waals surface area contributed by atoms with Gasteiger partial charge < -0.3 is 10.6 Å². The molecule has 4 nitrogen and oxygen atoms in total. The Hall–Kier alpha value is -1.33. The Morgan fingerprint density at radius 2 is 1.96 bits per heavy atom. The smallest absolute Gasteiger partial charge is 0.252 e. The first-order valence-electron chi connectivity index (χ1n) is 7.92. The van der Waals surface area contributed by atoms with Gasteiger partial charge in [-0.3, -0.25) is 9.78 Å². The summed E-state index contributed by atoms with van der Waals surface area (Å²) in [5.74, 6) is 0.605. The van der Waals surface area contributed by atoms with E-state index in [4.69, 9.17) is 11.6 Å². The third-order valence-corrected chi connectivity index (χ3v) is 4.43. The predicted molar refractivity (Wildman–Crippen MR) is 107 cm³/mol. The molecule has 1 aromatic carbocycles. The number of nitrogens with zero attached hydrogens (tertiary/aromatic N) is 1. The molecule has 136 valence electrons. The van der Waals surface area contributed by atoms with Crippen molar-refractivity contribution in [1.82, 2.24) is 15.6 Å². The zero-order valence-electron chi connectivity index (χ0n) is 13.7. The first kappa shape index (κ1) is 21.7. The molecule has 1 aromatic heterocycles. The van der Waals surface area contributed by atoms with Crippen LogP contribution >= 0.6 is 36.4 Å². The Morgan fingerprint density at radius 1 is 1.20 bits per heavy atom. The molecule has 0 spiro atoms. The second-order valence-corrected chi connectivity index (χ2v) is 6.31. The van der Waals surface area contributed by atoms with Gasteiger partial charge in [-0.2, -0.15) is 0 Å². The molecule has 0 radical (unpaired) electrons. The quantitative estimate of drug-likeness (QED) is 0.795. The van der Waals surface area contributed by atoms with Crippen molar-refractivity contribution in [2.24, 2.45) is 5.92 Å². The second kappa shape index (κ2) is 10.6. The molecule has 0 aliphatic carbocycles. The second-order valence-electron chi connectivity index (χ2n) is 5.87. The number of rotatable bonds is 5. The highest BCUT2D eigenvalue weighted by atomic mass is 35.5. The molecule has 3 rings (SSSR count). The highest BCUT2D eigenvalue weighted by molar-refractivity contribution is 6.30. The molecule has 1 unspecified atom stereocenters. The van der Waals surface area contributed by atoms with Gasteiger partial charge in [0.2, 0.25) is 0 Å². The maximum atomic E-state index is 12.3. The van der Waals surface area contributed by atoms with E-state index in [0.29, 0.717) is 23.0 Å². The Morgan fingerprint density at radius 3 is 2.64 bits per heavy atom. The van der Waals surface area contributed by atoms with Crippen LogP contribution in [0.15, 0.2) is 42.7 Å². The van der Waals surface area contributed by atoms with Crippen LogP contribution in [0.1, 0.15) is 23.2 Å². The Balaban J connectivity index is 0.00000156. The van der Waals surface area contributed by atoms with E-state index in [-0.39, 0.29) is 30.7 Å². The van der Waals surface area contributed by atoms with E-state index in [9.17, 15) is 4.79 Å². The molecule has 1 aliphatic heterocycles. The summed E-state index contributed by atoms with van der Waals surface area (Å²) in [6, 6.07) is 9.38. The van der Waals surface area contributed by atoms with Crippen molar-refractivity contribution in [2.75, 3.05) is 19.6 Å². The van der Waals surface area contributed by atoms with E-state index in [1.165, 1.54) is 6.42 Å². The van der Waals surface area contributed by atoms with Crippen molar-refractivity contribution in [3.8, 4) is 11.1 Å². The van der Waals surface area contributed by atoms with Crippen molar-refractivity contribution in [3.63, 3.8) is 0 Å². The Labute approximate surface area is 165 Å². The lowest BCUT2D eigenvalue weighted by atomic mass is 10.0. The number of pyridine rings is 1. The van der Waals surface area contributed by atoms with E-state index in [1.54, 1.807) is 12.4 Å². The molecule has 1 fully saturated rings. The van der Waals surface area contributed by atoms with Crippen LogP contribution in [0.25, 0.3) is 11.1 Å². The third-order valence-electron chi connectivity index (χ3n) is 4.18. The SMILES string of the molecule is Cl.Cl.O=C(NCCC1CCNC1)c1cncc(-c2ccc(Cl)cc2)c1. The number of carbonyl (C=O) groups excluding carboxylic acids is 1. The highest BCUT2D eigenvalue weighted by Gasteiger charge is 2.14. The minimum atomic E-state index is -0.0701. The van der Waals surface area contributed by atoms with Crippen molar-refractivity contribution >= 4 is 42.3 Å². The lowest BCUT2D eigenvalue weighted by molar-refractivity contribution is 0.0951. The first-order chi connectivity index (χ1) is 11.2. The summed E-state index contributed by atoms with van der Waals surface area (Å²) in [6.07, 6.45) is 5.57. The molecule has 2 aromatic rings. The van der Waals surface area contributed by atoms with E-state index >= 15 is 0 Å². The highest BCUT2D eigenvalue weighted by Crippen LogP contribution is 2.21. The molecular formula is C18H22Cl3N3O. The molecule has 1 aliphatic rings. The number of amides is 1. The number of hydrogen-bond donors (Lipinski definition) is 2. The number of carbonyl (C=O) groups is 1. The maximum absolute atomic E-state index is 12.3. The zero-order chi connectivity index (χ0) is 16.1. The van der Waals surface area contributed by atoms with Gasteiger partial charge >= 0.3 is 0 Å². The van der Waals surface area contributed by atoms with Gasteiger partial charge in [0.1, 0.15) is 0 Å². The summed E-state index contributed by atoms with van der Waals surface area (Å²) in [5.41, 5.74) is 2.49. The molecule has 0 bridgehead atoms. The van der Waals surface area contributed by atoms with Crippen LogP contribution in [-0.2, 0) is 0 Å². The van der Waals surface area contributed by atoms with E-state index in [1.807, 2.05) is 30.3 Å². The standard InChI is InChI=1S/C18H20ClN3O.2ClH/c19-17-3-1-14(2-4-17)15-9-16(12-21-11-15)18(23)22-8-6-13-5-7-20-10-13;;/h1-4,9,11-13,20H,5-8,10H2,(H,22,23);2*1H. The molecule has 7 heteroatoms. The normalized spacial score (nSPS) is 15.8. The zero-order valence-corrected chi connectivity index (χ0v) is 16.1. The molecular weight excluding hydrogens is 381 g/mol. The van der Waals surface area contributed by atoms with Crippen molar-refractivity contribution < 1.29 is 4.79 Å². The molecule has 2 N–H and O–H groups in total. The Kier molecular flexibility index (Phi) is 9.22. The van der Waals surface area contributed by atoms with Crippen LogP contribution in [0.2, 0.25) is 5.02 Å². The molecule has 1 saturated heterocycles.